The topological polar surface area (TPSA) is 84.7 Å². The lowest BCUT2D eigenvalue weighted by atomic mass is 10.7. The van der Waals surface area contributed by atoms with Gasteiger partial charge >= 0.3 is 0 Å². The van der Waals surface area contributed by atoms with Crippen molar-refractivity contribution in [3.8, 4) is 0 Å². The summed E-state index contributed by atoms with van der Waals surface area (Å²) in [7, 11) is 0. The maximum absolute atomic E-state index is 10.6. The van der Waals surface area contributed by atoms with Gasteiger partial charge in [-0.25, -0.2) is 0 Å². The zero-order valence-corrected chi connectivity index (χ0v) is 4.88. The monoisotopic (exact) mass is 126 g/mol. The Morgan fingerprint density at radius 2 is 2.22 bits per heavy atom. The largest absolute Gasteiger partial charge is 0.378 e. The van der Waals surface area contributed by atoms with Crippen molar-refractivity contribution in [1.82, 2.24) is 15.2 Å². The molecular formula is C4H6N4O. The molecule has 0 fully saturated rings. The van der Waals surface area contributed by atoms with Crippen LogP contribution < -0.4 is 11.3 Å². The second-order valence-corrected chi connectivity index (χ2v) is 1.62. The van der Waals surface area contributed by atoms with Gasteiger partial charge in [-0.1, -0.05) is 0 Å². The molecule has 0 amide bonds. The highest BCUT2D eigenvalue weighted by Crippen LogP contribution is 1.78. The molecule has 1 aromatic rings. The van der Waals surface area contributed by atoms with Crippen LogP contribution >= 0.6 is 0 Å². The molecule has 0 aliphatic rings. The molecule has 0 aliphatic heterocycles. The summed E-state index contributed by atoms with van der Waals surface area (Å²) in [6, 6.07) is 0. The summed E-state index contributed by atoms with van der Waals surface area (Å²) in [5.41, 5.74) is 4.68. The van der Waals surface area contributed by atoms with Crippen LogP contribution in [0.15, 0.2) is 4.79 Å². The number of hydrogen-bond donors (Lipinski definition) is 2. The van der Waals surface area contributed by atoms with Gasteiger partial charge in [-0.15, -0.1) is 10.2 Å². The van der Waals surface area contributed by atoms with Gasteiger partial charge in [0.05, 0.1) is 0 Å². The number of anilines is 1. The molecule has 5 heteroatoms. The fraction of sp³-hybridized carbons (Fsp3) is 0.250. The number of nitrogen functional groups attached to an aromatic ring is 1. The molecule has 1 heterocycles. The van der Waals surface area contributed by atoms with E-state index < -0.39 is 0 Å². The predicted molar refractivity (Wildman–Crippen MR) is 31.8 cm³/mol. The Labute approximate surface area is 50.9 Å². The summed E-state index contributed by atoms with van der Waals surface area (Å²) in [6.07, 6.45) is 0. The summed E-state index contributed by atoms with van der Waals surface area (Å²) in [4.78, 5) is 12.9. The smallest absolute Gasteiger partial charge is 0.293 e. The van der Waals surface area contributed by atoms with Crippen molar-refractivity contribution in [1.29, 1.82) is 0 Å². The van der Waals surface area contributed by atoms with Gasteiger partial charge in [-0.3, -0.25) is 4.79 Å². The molecular weight excluding hydrogens is 120 g/mol. The van der Waals surface area contributed by atoms with Crippen molar-refractivity contribution in [3.63, 3.8) is 0 Å². The van der Waals surface area contributed by atoms with Gasteiger partial charge in [0.1, 0.15) is 5.82 Å². The minimum atomic E-state index is -0.387. The van der Waals surface area contributed by atoms with E-state index in [0.29, 0.717) is 5.82 Å². The van der Waals surface area contributed by atoms with Crippen LogP contribution in [-0.4, -0.2) is 15.2 Å². The van der Waals surface area contributed by atoms with Gasteiger partial charge in [0.2, 0.25) is 5.82 Å². The first-order valence-corrected chi connectivity index (χ1v) is 2.39. The Bertz CT molecular complexity index is 266. The standard InChI is InChI=1S/C4H6N4O/c1-2-6-4(9)3(5)8-7-2/h1H3,(H2,5,8)(H,6,7,9). The highest BCUT2D eigenvalue weighted by molar-refractivity contribution is 5.19. The van der Waals surface area contributed by atoms with E-state index in [1.807, 2.05) is 0 Å². The van der Waals surface area contributed by atoms with E-state index in [2.05, 4.69) is 15.2 Å². The quantitative estimate of drug-likeness (QED) is 0.469. The average molecular weight is 126 g/mol. The first-order valence-electron chi connectivity index (χ1n) is 2.39. The predicted octanol–water partition coefficient (Wildman–Crippen LogP) is -0.944. The number of aromatic amines is 1. The fourth-order valence-corrected chi connectivity index (χ4v) is 0.428. The van der Waals surface area contributed by atoms with E-state index in [1.54, 1.807) is 6.92 Å². The maximum Gasteiger partial charge on any atom is 0.293 e. The normalized spacial score (nSPS) is 9.44. The van der Waals surface area contributed by atoms with Crippen LogP contribution in [-0.2, 0) is 0 Å². The number of rotatable bonds is 0. The molecule has 1 aromatic heterocycles. The molecule has 0 bridgehead atoms. The Balaban J connectivity index is 3.34. The first-order chi connectivity index (χ1) is 4.20. The third kappa shape index (κ3) is 1.04. The van der Waals surface area contributed by atoms with Crippen LogP contribution in [0.2, 0.25) is 0 Å². The second kappa shape index (κ2) is 1.85. The number of H-pyrrole nitrogens is 1. The molecule has 0 aromatic carbocycles. The van der Waals surface area contributed by atoms with Crippen molar-refractivity contribution >= 4 is 5.82 Å². The van der Waals surface area contributed by atoms with E-state index in [1.165, 1.54) is 0 Å². The van der Waals surface area contributed by atoms with Crippen LogP contribution in [0.4, 0.5) is 5.82 Å². The summed E-state index contributed by atoms with van der Waals surface area (Å²) >= 11 is 0. The summed E-state index contributed by atoms with van der Waals surface area (Å²) < 4.78 is 0. The van der Waals surface area contributed by atoms with Gasteiger partial charge in [-0.05, 0) is 6.92 Å². The van der Waals surface area contributed by atoms with E-state index >= 15 is 0 Å². The minimum Gasteiger partial charge on any atom is -0.378 e. The lowest BCUT2D eigenvalue weighted by Crippen LogP contribution is -2.16. The van der Waals surface area contributed by atoms with E-state index in [-0.39, 0.29) is 11.4 Å². The highest BCUT2D eigenvalue weighted by Gasteiger charge is 1.93. The zero-order valence-electron chi connectivity index (χ0n) is 4.88. The molecule has 0 radical (unpaired) electrons. The van der Waals surface area contributed by atoms with Gasteiger partial charge in [-0.2, -0.15) is 0 Å². The summed E-state index contributed by atoms with van der Waals surface area (Å²) in [6.45, 7) is 1.63. The van der Waals surface area contributed by atoms with Crippen LogP contribution in [0.3, 0.4) is 0 Å². The van der Waals surface area contributed by atoms with E-state index in [4.69, 9.17) is 5.73 Å². The van der Waals surface area contributed by atoms with Crippen molar-refractivity contribution in [2.45, 2.75) is 6.92 Å². The molecule has 1 rings (SSSR count). The third-order valence-electron chi connectivity index (χ3n) is 0.835. The maximum atomic E-state index is 10.6. The lowest BCUT2D eigenvalue weighted by molar-refractivity contribution is 0.895. The molecule has 0 atom stereocenters. The molecule has 5 nitrogen and oxygen atoms in total. The van der Waals surface area contributed by atoms with Crippen molar-refractivity contribution in [2.75, 3.05) is 5.73 Å². The zero-order chi connectivity index (χ0) is 6.85. The summed E-state index contributed by atoms with van der Waals surface area (Å²) in [5, 5.41) is 6.87. The second-order valence-electron chi connectivity index (χ2n) is 1.62. The Kier molecular flexibility index (Phi) is 1.18. The lowest BCUT2D eigenvalue weighted by Gasteiger charge is -1.88. The number of hydrogen-bond acceptors (Lipinski definition) is 4. The van der Waals surface area contributed by atoms with Gasteiger partial charge in [0.15, 0.2) is 0 Å². The van der Waals surface area contributed by atoms with E-state index in [0.717, 1.165) is 0 Å². The van der Waals surface area contributed by atoms with Crippen molar-refractivity contribution < 1.29 is 0 Å². The van der Waals surface area contributed by atoms with Crippen LogP contribution in [0, 0.1) is 6.92 Å². The molecule has 9 heavy (non-hydrogen) atoms. The van der Waals surface area contributed by atoms with E-state index in [9.17, 15) is 4.79 Å². The van der Waals surface area contributed by atoms with Crippen LogP contribution in [0.25, 0.3) is 0 Å². The Hall–Kier alpha value is -1.39. The minimum absolute atomic E-state index is 0.0967. The number of nitrogens with zero attached hydrogens (tertiary/aromatic N) is 2. The molecule has 0 aliphatic carbocycles. The highest BCUT2D eigenvalue weighted by atomic mass is 16.1. The number of nitrogens with one attached hydrogen (secondary N) is 1. The molecule has 3 N–H and O–H groups in total. The summed E-state index contributed by atoms with van der Waals surface area (Å²) in [5.74, 6) is 0.370. The van der Waals surface area contributed by atoms with Crippen molar-refractivity contribution in [2.24, 2.45) is 0 Å². The molecule has 0 spiro atoms. The van der Waals surface area contributed by atoms with Crippen LogP contribution in [0.5, 0.6) is 0 Å². The molecule has 0 saturated carbocycles. The first kappa shape index (κ1) is 5.74. The Morgan fingerprint density at radius 3 is 2.67 bits per heavy atom. The SMILES string of the molecule is Cc1nnc(N)c(=O)[nH]1. The molecule has 0 saturated heterocycles. The van der Waals surface area contributed by atoms with Gasteiger partial charge in [0, 0.05) is 0 Å². The Morgan fingerprint density at radius 1 is 1.56 bits per heavy atom. The third-order valence-corrected chi connectivity index (χ3v) is 0.835. The van der Waals surface area contributed by atoms with Crippen LogP contribution in [0.1, 0.15) is 5.82 Å². The number of nitrogens with two attached hydrogens (primary N) is 1. The molecule has 0 unspecified atom stereocenters. The number of aromatic nitrogens is 3. The number of aryl methyl sites for hydroxylation is 1. The van der Waals surface area contributed by atoms with Gasteiger partial charge in [0.25, 0.3) is 5.56 Å². The fourth-order valence-electron chi connectivity index (χ4n) is 0.428. The van der Waals surface area contributed by atoms with Gasteiger partial charge < -0.3 is 10.7 Å². The average Bonchev–Trinajstić information content (AvgIpc) is 1.80. The molecule has 48 valence electrons. The van der Waals surface area contributed by atoms with Crippen molar-refractivity contribution in [3.05, 3.63) is 16.2 Å².